The second-order valence-corrected chi connectivity index (χ2v) is 7.65. The average molecular weight is 376 g/mol. The van der Waals surface area contributed by atoms with Crippen molar-refractivity contribution in [2.45, 2.75) is 51.0 Å². The lowest BCUT2D eigenvalue weighted by Crippen LogP contribution is -2.45. The first kappa shape index (κ1) is 19.8. The zero-order chi connectivity index (χ0) is 19.2. The standard InChI is InChI=1S/C21H29FN2O3/c1-16(17-6-8-18(22)9-7-17)13-20(25)24(14-19-5-4-12-27-19)15-21(26)23-10-2-3-11-23/h6-9,16,19H,2-5,10-15H2,1H3/t16-,19+/m1/s1. The maximum Gasteiger partial charge on any atom is 0.242 e. The van der Waals surface area contributed by atoms with Crippen LogP contribution >= 0.6 is 0 Å². The van der Waals surface area contributed by atoms with Gasteiger partial charge in [0.25, 0.3) is 0 Å². The Morgan fingerprint density at radius 3 is 2.56 bits per heavy atom. The summed E-state index contributed by atoms with van der Waals surface area (Å²) >= 11 is 0. The molecule has 27 heavy (non-hydrogen) atoms. The normalized spacial score (nSPS) is 20.7. The van der Waals surface area contributed by atoms with Gasteiger partial charge < -0.3 is 14.5 Å². The van der Waals surface area contributed by atoms with Crippen LogP contribution in [0.2, 0.25) is 0 Å². The third-order valence-electron chi connectivity index (χ3n) is 5.51. The van der Waals surface area contributed by atoms with Crippen LogP contribution in [0.25, 0.3) is 0 Å². The smallest absolute Gasteiger partial charge is 0.242 e. The van der Waals surface area contributed by atoms with Gasteiger partial charge in [-0.3, -0.25) is 9.59 Å². The quantitative estimate of drug-likeness (QED) is 0.735. The first-order valence-electron chi connectivity index (χ1n) is 9.95. The average Bonchev–Trinajstić information content (AvgIpc) is 3.35. The topological polar surface area (TPSA) is 49.9 Å². The fraction of sp³-hybridized carbons (Fsp3) is 0.619. The van der Waals surface area contributed by atoms with Crippen LogP contribution in [0, 0.1) is 5.82 Å². The number of ether oxygens (including phenoxy) is 1. The molecule has 2 atom stereocenters. The molecule has 2 heterocycles. The Bertz CT molecular complexity index is 637. The highest BCUT2D eigenvalue weighted by molar-refractivity contribution is 5.85. The van der Waals surface area contributed by atoms with Crippen molar-refractivity contribution in [3.63, 3.8) is 0 Å². The predicted molar refractivity (Wildman–Crippen MR) is 101 cm³/mol. The summed E-state index contributed by atoms with van der Waals surface area (Å²) in [6.07, 6.45) is 4.31. The van der Waals surface area contributed by atoms with Gasteiger partial charge in [-0.15, -0.1) is 0 Å². The lowest BCUT2D eigenvalue weighted by molar-refractivity contribution is -0.141. The molecule has 148 valence electrons. The number of carbonyl (C=O) groups is 2. The van der Waals surface area contributed by atoms with E-state index in [9.17, 15) is 14.0 Å². The molecule has 0 aromatic heterocycles. The van der Waals surface area contributed by atoms with E-state index in [1.54, 1.807) is 17.0 Å². The summed E-state index contributed by atoms with van der Waals surface area (Å²) in [5.74, 6) is -0.344. The van der Waals surface area contributed by atoms with Crippen LogP contribution in [0.3, 0.4) is 0 Å². The molecule has 1 aromatic rings. The lowest BCUT2D eigenvalue weighted by Gasteiger charge is -2.28. The fourth-order valence-corrected chi connectivity index (χ4v) is 3.82. The number of carbonyl (C=O) groups excluding carboxylic acids is 2. The summed E-state index contributed by atoms with van der Waals surface area (Å²) in [5.41, 5.74) is 0.924. The van der Waals surface area contributed by atoms with Crippen molar-refractivity contribution in [2.24, 2.45) is 0 Å². The summed E-state index contributed by atoms with van der Waals surface area (Å²) in [4.78, 5) is 29.0. The minimum atomic E-state index is -0.284. The molecule has 6 heteroatoms. The van der Waals surface area contributed by atoms with Gasteiger partial charge in [0.05, 0.1) is 12.6 Å². The van der Waals surface area contributed by atoms with Gasteiger partial charge in [0.2, 0.25) is 11.8 Å². The highest BCUT2D eigenvalue weighted by Crippen LogP contribution is 2.22. The Morgan fingerprint density at radius 1 is 1.22 bits per heavy atom. The Hall–Kier alpha value is -1.95. The van der Waals surface area contributed by atoms with Gasteiger partial charge in [-0.25, -0.2) is 4.39 Å². The zero-order valence-electron chi connectivity index (χ0n) is 16.0. The molecular formula is C21H29FN2O3. The molecule has 3 rings (SSSR count). The van der Waals surface area contributed by atoms with E-state index in [0.717, 1.165) is 50.9 Å². The van der Waals surface area contributed by atoms with Gasteiger partial charge >= 0.3 is 0 Å². The van der Waals surface area contributed by atoms with E-state index in [2.05, 4.69) is 0 Å². The highest BCUT2D eigenvalue weighted by atomic mass is 19.1. The molecule has 5 nitrogen and oxygen atoms in total. The van der Waals surface area contributed by atoms with Crippen molar-refractivity contribution in [3.05, 3.63) is 35.6 Å². The minimum Gasteiger partial charge on any atom is -0.376 e. The van der Waals surface area contributed by atoms with E-state index in [-0.39, 0.29) is 36.2 Å². The number of likely N-dealkylation sites (tertiary alicyclic amines) is 1. The Labute approximate surface area is 160 Å². The van der Waals surface area contributed by atoms with Gasteiger partial charge in [0.15, 0.2) is 0 Å². The van der Waals surface area contributed by atoms with Gasteiger partial charge in [-0.1, -0.05) is 19.1 Å². The van der Waals surface area contributed by atoms with E-state index in [4.69, 9.17) is 4.74 Å². The molecule has 2 aliphatic heterocycles. The van der Waals surface area contributed by atoms with Crippen LogP contribution in [-0.2, 0) is 14.3 Å². The monoisotopic (exact) mass is 376 g/mol. The van der Waals surface area contributed by atoms with Crippen LogP contribution in [0.15, 0.2) is 24.3 Å². The van der Waals surface area contributed by atoms with E-state index in [1.807, 2.05) is 11.8 Å². The van der Waals surface area contributed by atoms with Gasteiger partial charge in [-0.05, 0) is 49.3 Å². The van der Waals surface area contributed by atoms with Gasteiger partial charge in [0, 0.05) is 32.7 Å². The summed E-state index contributed by atoms with van der Waals surface area (Å²) in [5, 5.41) is 0. The van der Waals surface area contributed by atoms with Crippen LogP contribution in [0.1, 0.15) is 50.5 Å². The number of nitrogens with zero attached hydrogens (tertiary/aromatic N) is 2. The zero-order valence-corrected chi connectivity index (χ0v) is 16.0. The predicted octanol–water partition coefficient (Wildman–Crippen LogP) is 2.95. The number of rotatable bonds is 7. The number of halogens is 1. The number of hydrogen-bond donors (Lipinski definition) is 0. The highest BCUT2D eigenvalue weighted by Gasteiger charge is 2.28. The van der Waals surface area contributed by atoms with Crippen LogP contribution in [0.4, 0.5) is 4.39 Å². The second-order valence-electron chi connectivity index (χ2n) is 7.65. The largest absolute Gasteiger partial charge is 0.376 e. The molecule has 0 saturated carbocycles. The first-order chi connectivity index (χ1) is 13.0. The molecule has 0 radical (unpaired) electrons. The summed E-state index contributed by atoms with van der Waals surface area (Å²) in [6, 6.07) is 6.26. The molecule has 0 N–H and O–H groups in total. The number of amides is 2. The molecule has 0 unspecified atom stereocenters. The second kappa shape index (κ2) is 9.31. The van der Waals surface area contributed by atoms with E-state index >= 15 is 0 Å². The van der Waals surface area contributed by atoms with Crippen LogP contribution in [0.5, 0.6) is 0 Å². The molecule has 0 bridgehead atoms. The molecule has 2 amide bonds. The van der Waals surface area contributed by atoms with Crippen molar-refractivity contribution >= 4 is 11.8 Å². The van der Waals surface area contributed by atoms with Crippen LogP contribution < -0.4 is 0 Å². The van der Waals surface area contributed by atoms with E-state index in [0.29, 0.717) is 13.0 Å². The maximum atomic E-state index is 13.1. The van der Waals surface area contributed by atoms with Crippen molar-refractivity contribution in [3.8, 4) is 0 Å². The van der Waals surface area contributed by atoms with Crippen molar-refractivity contribution in [1.82, 2.24) is 9.80 Å². The summed E-state index contributed by atoms with van der Waals surface area (Å²) in [6.45, 7) is 4.83. The Balaban J connectivity index is 1.63. The third kappa shape index (κ3) is 5.51. The SMILES string of the molecule is C[C@H](CC(=O)N(CC(=O)N1CCCC1)C[C@@H]1CCCO1)c1ccc(F)cc1. The molecular weight excluding hydrogens is 347 g/mol. The summed E-state index contributed by atoms with van der Waals surface area (Å²) < 4.78 is 18.8. The molecule has 0 aliphatic carbocycles. The Kier molecular flexibility index (Phi) is 6.83. The molecule has 1 aromatic carbocycles. The van der Waals surface area contributed by atoms with Gasteiger partial charge in [0.1, 0.15) is 5.82 Å². The van der Waals surface area contributed by atoms with Gasteiger partial charge in [-0.2, -0.15) is 0 Å². The number of benzene rings is 1. The summed E-state index contributed by atoms with van der Waals surface area (Å²) in [7, 11) is 0. The minimum absolute atomic E-state index is 0.0152. The lowest BCUT2D eigenvalue weighted by atomic mass is 9.97. The first-order valence-corrected chi connectivity index (χ1v) is 9.95. The molecule has 0 spiro atoms. The molecule has 2 fully saturated rings. The van der Waals surface area contributed by atoms with Crippen molar-refractivity contribution in [1.29, 1.82) is 0 Å². The molecule has 2 saturated heterocycles. The van der Waals surface area contributed by atoms with Crippen molar-refractivity contribution in [2.75, 3.05) is 32.8 Å². The van der Waals surface area contributed by atoms with E-state index < -0.39 is 0 Å². The van der Waals surface area contributed by atoms with E-state index in [1.165, 1.54) is 12.1 Å². The van der Waals surface area contributed by atoms with Crippen LogP contribution in [-0.4, -0.2) is 60.5 Å². The maximum absolute atomic E-state index is 13.1. The molecule has 2 aliphatic rings. The third-order valence-corrected chi connectivity index (χ3v) is 5.51. The van der Waals surface area contributed by atoms with Crippen molar-refractivity contribution < 1.29 is 18.7 Å². The fourth-order valence-electron chi connectivity index (χ4n) is 3.82. The number of hydrogen-bond acceptors (Lipinski definition) is 3. The Morgan fingerprint density at radius 2 is 1.93 bits per heavy atom.